The molecule has 0 heterocycles. The molecule has 0 rings (SSSR count). The molecule has 0 aromatic rings. The molecule has 1 heteroatoms. The van der Waals surface area contributed by atoms with Gasteiger partial charge in [0.05, 0.1) is 0 Å². The van der Waals surface area contributed by atoms with E-state index in [9.17, 15) is 0 Å². The summed E-state index contributed by atoms with van der Waals surface area (Å²) in [6.45, 7) is 9.15. The van der Waals surface area contributed by atoms with Crippen LogP contribution in [0.2, 0.25) is 0 Å². The summed E-state index contributed by atoms with van der Waals surface area (Å²) in [7, 11) is 0. The third kappa shape index (κ3) is 58400. The molecule has 1 nitrogen and oxygen atoms in total. The van der Waals surface area contributed by atoms with Crippen molar-refractivity contribution >= 4 is 0 Å². The zero-order valence-electron chi connectivity index (χ0n) is 5.86. The Balaban J connectivity index is 0. The van der Waals surface area contributed by atoms with E-state index >= 15 is 0 Å². The van der Waals surface area contributed by atoms with Crippen LogP contribution in [0.5, 0.6) is 0 Å². The monoisotopic (exact) mass is 103 g/mol. The fraction of sp³-hybridized carbons (Fsp3) is 1.00. The molecule has 0 aromatic carbocycles. The smallest absolute Gasteiger partial charge is 0.0106 e. The Labute approximate surface area is 46.9 Å². The number of rotatable bonds is 0. The van der Waals surface area contributed by atoms with Gasteiger partial charge in [-0.2, -0.15) is 0 Å². The number of nitrogens with two attached hydrogens (primary N) is 1. The maximum atomic E-state index is 4.85. The van der Waals surface area contributed by atoms with Gasteiger partial charge in [0.2, 0.25) is 0 Å². The van der Waals surface area contributed by atoms with Crippen LogP contribution >= 0.6 is 0 Å². The van der Waals surface area contributed by atoms with Gasteiger partial charge in [0, 0.05) is 0 Å². The summed E-state index contributed by atoms with van der Waals surface area (Å²) in [4.78, 5) is 0. The zero-order chi connectivity index (χ0) is 6.28. The Morgan fingerprint density at radius 1 is 1.29 bits per heavy atom. The first-order valence-corrected chi connectivity index (χ1v) is 2.85. The van der Waals surface area contributed by atoms with Crippen molar-refractivity contribution in [1.29, 1.82) is 0 Å². The molecule has 2 N–H and O–H groups in total. The lowest BCUT2D eigenvalue weighted by molar-refractivity contribution is 0.737. The molecule has 0 atom stereocenters. The molecular formula is C6H17N. The highest BCUT2D eigenvalue weighted by Gasteiger charge is 1.68. The first-order valence-electron chi connectivity index (χ1n) is 2.85. The van der Waals surface area contributed by atoms with E-state index < -0.39 is 0 Å². The van der Waals surface area contributed by atoms with E-state index in [2.05, 4.69) is 20.8 Å². The van der Waals surface area contributed by atoms with Crippen LogP contribution in [-0.2, 0) is 0 Å². The molecule has 0 aliphatic heterocycles. The van der Waals surface area contributed by atoms with Crippen molar-refractivity contribution in [2.24, 2.45) is 11.7 Å². The van der Waals surface area contributed by atoms with Crippen LogP contribution in [0.25, 0.3) is 0 Å². The Kier molecular flexibility index (Phi) is 13.4. The van der Waals surface area contributed by atoms with Gasteiger partial charge in [-0.05, 0) is 12.5 Å². The van der Waals surface area contributed by atoms with E-state index in [-0.39, 0.29) is 0 Å². The molecule has 0 bridgehead atoms. The molecule has 0 aliphatic carbocycles. The summed E-state index contributed by atoms with van der Waals surface area (Å²) < 4.78 is 0. The van der Waals surface area contributed by atoms with Crippen LogP contribution in [0.4, 0.5) is 0 Å². The van der Waals surface area contributed by atoms with Gasteiger partial charge >= 0.3 is 0 Å². The minimum Gasteiger partial charge on any atom is -0.331 e. The van der Waals surface area contributed by atoms with Crippen LogP contribution in [0.1, 0.15) is 27.7 Å². The van der Waals surface area contributed by atoms with Crippen LogP contribution in [0, 0.1) is 5.92 Å². The standard InChI is InChI=1S/C4H10.C2H7N/c1-4(2)3;1-2-3/h4H,1-3H3;2-3H2,1H3. The third-order valence-corrected chi connectivity index (χ3v) is 0. The zero-order valence-corrected chi connectivity index (χ0v) is 5.86. The quantitative estimate of drug-likeness (QED) is 0.495. The predicted octanol–water partition coefficient (Wildman–Crippen LogP) is 1.63. The highest BCUT2D eigenvalue weighted by atomic mass is 14.5. The van der Waals surface area contributed by atoms with Crippen molar-refractivity contribution in [3.8, 4) is 0 Å². The van der Waals surface area contributed by atoms with Crippen LogP contribution in [-0.4, -0.2) is 6.54 Å². The van der Waals surface area contributed by atoms with Gasteiger partial charge in [-0.3, -0.25) is 0 Å². The van der Waals surface area contributed by atoms with Gasteiger partial charge in [-0.1, -0.05) is 27.7 Å². The molecule has 0 fully saturated rings. The maximum Gasteiger partial charge on any atom is -0.0106 e. The molecule has 0 aromatic heterocycles. The van der Waals surface area contributed by atoms with E-state index in [1.165, 1.54) is 0 Å². The Bertz CT molecular complexity index is 15.4. The highest BCUT2D eigenvalue weighted by Crippen LogP contribution is 1.81. The predicted molar refractivity (Wildman–Crippen MR) is 35.2 cm³/mol. The molecule has 0 amide bonds. The van der Waals surface area contributed by atoms with E-state index in [1.54, 1.807) is 0 Å². The molecule has 0 unspecified atom stereocenters. The Morgan fingerprint density at radius 2 is 1.29 bits per heavy atom. The Morgan fingerprint density at radius 3 is 1.29 bits per heavy atom. The summed E-state index contributed by atoms with van der Waals surface area (Å²) in [6.07, 6.45) is 0. The lowest BCUT2D eigenvalue weighted by Crippen LogP contribution is -1.87. The molecular weight excluding hydrogens is 86.1 g/mol. The second-order valence-electron chi connectivity index (χ2n) is 2.14. The van der Waals surface area contributed by atoms with Crippen molar-refractivity contribution in [3.63, 3.8) is 0 Å². The molecule has 46 valence electrons. The highest BCUT2D eigenvalue weighted by molar-refractivity contribution is 4.20. The molecule has 7 heavy (non-hydrogen) atoms. The number of hydrogen-bond acceptors (Lipinski definition) is 1. The molecule has 0 saturated heterocycles. The molecule has 0 radical (unpaired) electrons. The van der Waals surface area contributed by atoms with Gasteiger partial charge in [-0.15, -0.1) is 0 Å². The van der Waals surface area contributed by atoms with Gasteiger partial charge in [0.25, 0.3) is 0 Å². The van der Waals surface area contributed by atoms with E-state index in [0.29, 0.717) is 0 Å². The third-order valence-electron chi connectivity index (χ3n) is 0. The van der Waals surface area contributed by atoms with Crippen LogP contribution < -0.4 is 5.73 Å². The largest absolute Gasteiger partial charge is 0.331 e. The van der Waals surface area contributed by atoms with Crippen molar-refractivity contribution in [3.05, 3.63) is 0 Å². The van der Waals surface area contributed by atoms with Crippen molar-refractivity contribution in [2.45, 2.75) is 27.7 Å². The van der Waals surface area contributed by atoms with Crippen molar-refractivity contribution in [2.75, 3.05) is 6.54 Å². The topological polar surface area (TPSA) is 26.0 Å². The first kappa shape index (κ1) is 10.0. The minimum atomic E-state index is 0.750. The summed E-state index contributed by atoms with van der Waals surface area (Å²) >= 11 is 0. The van der Waals surface area contributed by atoms with Crippen molar-refractivity contribution < 1.29 is 0 Å². The van der Waals surface area contributed by atoms with Crippen molar-refractivity contribution in [1.82, 2.24) is 0 Å². The van der Waals surface area contributed by atoms with Crippen LogP contribution in [0.3, 0.4) is 0 Å². The van der Waals surface area contributed by atoms with Crippen LogP contribution in [0.15, 0.2) is 0 Å². The molecule has 0 spiro atoms. The summed E-state index contributed by atoms with van der Waals surface area (Å²) in [5.74, 6) is 0.833. The van der Waals surface area contributed by atoms with Gasteiger partial charge in [0.15, 0.2) is 0 Å². The summed E-state index contributed by atoms with van der Waals surface area (Å²) in [5, 5.41) is 0. The summed E-state index contributed by atoms with van der Waals surface area (Å²) in [6, 6.07) is 0. The van der Waals surface area contributed by atoms with E-state index in [1.807, 2.05) is 6.92 Å². The average Bonchev–Trinajstić information content (AvgIpc) is 1.33. The molecule has 0 saturated carbocycles. The van der Waals surface area contributed by atoms with E-state index in [0.717, 1.165) is 12.5 Å². The first-order chi connectivity index (χ1) is 3.15. The van der Waals surface area contributed by atoms with E-state index in [4.69, 9.17) is 5.73 Å². The van der Waals surface area contributed by atoms with Gasteiger partial charge in [0.1, 0.15) is 0 Å². The number of hydrogen-bond donors (Lipinski definition) is 1. The lowest BCUT2D eigenvalue weighted by Gasteiger charge is -1.79. The van der Waals surface area contributed by atoms with Gasteiger partial charge < -0.3 is 5.73 Å². The summed E-state index contributed by atoms with van der Waals surface area (Å²) in [5.41, 5.74) is 4.85. The second kappa shape index (κ2) is 9.35. The maximum absolute atomic E-state index is 4.85. The Hall–Kier alpha value is -0.0400. The molecule has 0 aliphatic rings. The normalized spacial score (nSPS) is 7.71. The fourth-order valence-electron chi connectivity index (χ4n) is 0. The van der Waals surface area contributed by atoms with Gasteiger partial charge in [-0.25, -0.2) is 0 Å². The lowest BCUT2D eigenvalue weighted by atomic mass is 10.3. The average molecular weight is 103 g/mol. The second-order valence-corrected chi connectivity index (χ2v) is 2.14. The SMILES string of the molecule is CC(C)C.CCN. The minimum absolute atomic E-state index is 0.750. The fourth-order valence-corrected chi connectivity index (χ4v) is 0.